The van der Waals surface area contributed by atoms with E-state index in [-0.39, 0.29) is 18.4 Å². The number of halogens is 1. The predicted molar refractivity (Wildman–Crippen MR) is 80.5 cm³/mol. The van der Waals surface area contributed by atoms with Crippen molar-refractivity contribution in [3.05, 3.63) is 34.3 Å². The lowest BCUT2D eigenvalue weighted by Gasteiger charge is -2.38. The van der Waals surface area contributed by atoms with Crippen molar-refractivity contribution < 1.29 is 14.3 Å². The van der Waals surface area contributed by atoms with Gasteiger partial charge in [0.15, 0.2) is 0 Å². The third kappa shape index (κ3) is 3.11. The Labute approximate surface area is 131 Å². The summed E-state index contributed by atoms with van der Waals surface area (Å²) in [4.78, 5) is 25.5. The fourth-order valence-electron chi connectivity index (χ4n) is 2.83. The summed E-state index contributed by atoms with van der Waals surface area (Å²) in [7, 11) is 0. The van der Waals surface area contributed by atoms with Crippen LogP contribution in [0.3, 0.4) is 0 Å². The Kier molecular flexibility index (Phi) is 3.99. The molecule has 2 aliphatic heterocycles. The van der Waals surface area contributed by atoms with Crippen molar-refractivity contribution in [1.82, 2.24) is 10.2 Å². The Balaban J connectivity index is 1.58. The van der Waals surface area contributed by atoms with E-state index in [4.69, 9.17) is 4.74 Å². The van der Waals surface area contributed by atoms with Gasteiger partial charge in [-0.05, 0) is 11.6 Å². The van der Waals surface area contributed by atoms with Gasteiger partial charge in [-0.1, -0.05) is 34.1 Å². The number of nitrogens with one attached hydrogen (secondary N) is 1. The largest absolute Gasteiger partial charge is 0.346 e. The number of amides is 2. The molecule has 0 atom stereocenters. The van der Waals surface area contributed by atoms with Crippen LogP contribution in [0.15, 0.2) is 28.7 Å². The number of hydrogen-bond donors (Lipinski definition) is 1. The van der Waals surface area contributed by atoms with E-state index in [0.29, 0.717) is 32.4 Å². The summed E-state index contributed by atoms with van der Waals surface area (Å²) in [6.07, 6.45) is 1.70. The molecule has 0 radical (unpaired) electrons. The Morgan fingerprint density at radius 2 is 2.05 bits per heavy atom. The summed E-state index contributed by atoms with van der Waals surface area (Å²) in [5.74, 6) is 0.0454. The van der Waals surface area contributed by atoms with E-state index in [2.05, 4.69) is 21.2 Å². The van der Waals surface area contributed by atoms with Crippen molar-refractivity contribution in [2.24, 2.45) is 0 Å². The number of benzene rings is 1. The molecule has 0 aliphatic carbocycles. The number of rotatable bonds is 2. The minimum absolute atomic E-state index is 0.0667. The first-order valence-corrected chi connectivity index (χ1v) is 7.83. The third-order valence-electron chi connectivity index (χ3n) is 4.07. The van der Waals surface area contributed by atoms with Crippen LogP contribution in [0.25, 0.3) is 0 Å². The molecule has 112 valence electrons. The van der Waals surface area contributed by atoms with Crippen molar-refractivity contribution in [3.8, 4) is 0 Å². The van der Waals surface area contributed by atoms with Crippen LogP contribution < -0.4 is 5.32 Å². The Hall–Kier alpha value is -1.40. The Morgan fingerprint density at radius 1 is 1.33 bits per heavy atom. The molecule has 6 heteroatoms. The quantitative estimate of drug-likeness (QED) is 0.876. The molecule has 0 aromatic heterocycles. The average molecular weight is 353 g/mol. The SMILES string of the molecule is O=C1COC2(CCN(C(=O)Cc3ccccc3Br)CC2)N1. The third-order valence-corrected chi connectivity index (χ3v) is 4.84. The van der Waals surface area contributed by atoms with Crippen molar-refractivity contribution in [1.29, 1.82) is 0 Å². The first-order valence-electron chi connectivity index (χ1n) is 7.04. The van der Waals surface area contributed by atoms with E-state index < -0.39 is 5.72 Å². The molecule has 1 spiro atoms. The lowest BCUT2D eigenvalue weighted by atomic mass is 10.00. The summed E-state index contributed by atoms with van der Waals surface area (Å²) in [5, 5.41) is 2.88. The molecule has 0 unspecified atom stereocenters. The number of hydrogen-bond acceptors (Lipinski definition) is 3. The molecule has 2 heterocycles. The van der Waals surface area contributed by atoms with Gasteiger partial charge < -0.3 is 15.0 Å². The number of carbonyl (C=O) groups excluding carboxylic acids is 2. The van der Waals surface area contributed by atoms with Crippen LogP contribution in [0.1, 0.15) is 18.4 Å². The molecule has 1 aromatic carbocycles. The zero-order valence-electron chi connectivity index (χ0n) is 11.6. The molecule has 2 fully saturated rings. The van der Waals surface area contributed by atoms with Crippen molar-refractivity contribution in [2.45, 2.75) is 25.0 Å². The standard InChI is InChI=1S/C15H17BrN2O3/c16-12-4-2-1-3-11(12)9-14(20)18-7-5-15(6-8-18)17-13(19)10-21-15/h1-4H,5-10H2,(H,17,19). The minimum atomic E-state index is -0.540. The number of likely N-dealkylation sites (tertiary alicyclic amines) is 1. The highest BCUT2D eigenvalue weighted by Crippen LogP contribution is 2.27. The van der Waals surface area contributed by atoms with E-state index >= 15 is 0 Å². The first-order chi connectivity index (χ1) is 10.1. The number of ether oxygens (including phenoxy) is 1. The Bertz CT molecular complexity index is 568. The first kappa shape index (κ1) is 14.5. The smallest absolute Gasteiger partial charge is 0.248 e. The predicted octanol–water partition coefficient (Wildman–Crippen LogP) is 1.46. The summed E-state index contributed by atoms with van der Waals surface area (Å²) in [5.41, 5.74) is 0.453. The maximum atomic E-state index is 12.4. The summed E-state index contributed by atoms with van der Waals surface area (Å²) in [6.45, 7) is 1.36. The van der Waals surface area contributed by atoms with Crippen LogP contribution in [0, 0.1) is 0 Å². The highest BCUT2D eigenvalue weighted by atomic mass is 79.9. The maximum Gasteiger partial charge on any atom is 0.248 e. The summed E-state index contributed by atoms with van der Waals surface area (Å²) in [6, 6.07) is 7.76. The van der Waals surface area contributed by atoms with Crippen LogP contribution >= 0.6 is 15.9 Å². The molecule has 5 nitrogen and oxygen atoms in total. The highest BCUT2D eigenvalue weighted by molar-refractivity contribution is 9.10. The monoisotopic (exact) mass is 352 g/mol. The minimum Gasteiger partial charge on any atom is -0.346 e. The van der Waals surface area contributed by atoms with Gasteiger partial charge in [-0.25, -0.2) is 0 Å². The van der Waals surface area contributed by atoms with E-state index in [0.717, 1.165) is 10.0 Å². The lowest BCUT2D eigenvalue weighted by Crippen LogP contribution is -2.53. The summed E-state index contributed by atoms with van der Waals surface area (Å²) >= 11 is 3.47. The fraction of sp³-hybridized carbons (Fsp3) is 0.467. The van der Waals surface area contributed by atoms with Crippen molar-refractivity contribution in [2.75, 3.05) is 19.7 Å². The number of carbonyl (C=O) groups is 2. The van der Waals surface area contributed by atoms with Crippen molar-refractivity contribution >= 4 is 27.7 Å². The lowest BCUT2D eigenvalue weighted by molar-refractivity contribution is -0.136. The van der Waals surface area contributed by atoms with Crippen LogP contribution in [-0.2, 0) is 20.7 Å². The van der Waals surface area contributed by atoms with Gasteiger partial charge in [0.05, 0.1) is 6.42 Å². The molecule has 21 heavy (non-hydrogen) atoms. The average Bonchev–Trinajstić information content (AvgIpc) is 2.83. The second-order valence-electron chi connectivity index (χ2n) is 5.48. The molecule has 2 amide bonds. The molecule has 1 N–H and O–H groups in total. The van der Waals surface area contributed by atoms with E-state index in [1.807, 2.05) is 29.2 Å². The van der Waals surface area contributed by atoms with E-state index in [1.54, 1.807) is 0 Å². The Morgan fingerprint density at radius 3 is 2.67 bits per heavy atom. The molecule has 2 aliphatic rings. The van der Waals surface area contributed by atoms with Gasteiger partial charge in [0.1, 0.15) is 12.3 Å². The maximum absolute atomic E-state index is 12.4. The zero-order chi connectivity index (χ0) is 14.9. The van der Waals surface area contributed by atoms with Gasteiger partial charge >= 0.3 is 0 Å². The van der Waals surface area contributed by atoms with Gasteiger partial charge in [-0.15, -0.1) is 0 Å². The van der Waals surface area contributed by atoms with Gasteiger partial charge in [-0.3, -0.25) is 9.59 Å². The van der Waals surface area contributed by atoms with Crippen LogP contribution in [-0.4, -0.2) is 42.1 Å². The van der Waals surface area contributed by atoms with Gasteiger partial charge in [-0.2, -0.15) is 0 Å². The van der Waals surface area contributed by atoms with Gasteiger partial charge in [0.2, 0.25) is 11.8 Å². The number of nitrogens with zero attached hydrogens (tertiary/aromatic N) is 1. The van der Waals surface area contributed by atoms with E-state index in [9.17, 15) is 9.59 Å². The second-order valence-corrected chi connectivity index (χ2v) is 6.33. The molecular weight excluding hydrogens is 336 g/mol. The van der Waals surface area contributed by atoms with Crippen molar-refractivity contribution in [3.63, 3.8) is 0 Å². The number of piperidine rings is 1. The van der Waals surface area contributed by atoms with Crippen LogP contribution in [0.2, 0.25) is 0 Å². The van der Waals surface area contributed by atoms with Gasteiger partial charge in [0.25, 0.3) is 0 Å². The molecule has 0 saturated carbocycles. The molecule has 1 aromatic rings. The van der Waals surface area contributed by atoms with E-state index in [1.165, 1.54) is 0 Å². The normalized spacial score (nSPS) is 20.6. The van der Waals surface area contributed by atoms with Crippen LogP contribution in [0.5, 0.6) is 0 Å². The van der Waals surface area contributed by atoms with Gasteiger partial charge in [0, 0.05) is 30.4 Å². The summed E-state index contributed by atoms with van der Waals surface area (Å²) < 4.78 is 6.51. The zero-order valence-corrected chi connectivity index (χ0v) is 13.2. The highest BCUT2D eigenvalue weighted by Gasteiger charge is 2.42. The topological polar surface area (TPSA) is 58.6 Å². The fourth-order valence-corrected chi connectivity index (χ4v) is 3.26. The molecule has 3 rings (SSSR count). The molecule has 0 bridgehead atoms. The van der Waals surface area contributed by atoms with Crippen LogP contribution in [0.4, 0.5) is 0 Å². The molecule has 2 saturated heterocycles. The second kappa shape index (κ2) is 5.77. The molecular formula is C15H17BrN2O3.